The van der Waals surface area contributed by atoms with Crippen LogP contribution in [0.5, 0.6) is 11.5 Å². The van der Waals surface area contributed by atoms with E-state index in [4.69, 9.17) is 9.47 Å². The van der Waals surface area contributed by atoms with Crippen molar-refractivity contribution in [2.45, 2.75) is 11.8 Å². The van der Waals surface area contributed by atoms with Gasteiger partial charge in [0.15, 0.2) is 0 Å². The smallest absolute Gasteiger partial charge is 0.497 e. The fourth-order valence-corrected chi connectivity index (χ4v) is 4.14. The first kappa shape index (κ1) is 25.0. The van der Waals surface area contributed by atoms with E-state index in [2.05, 4.69) is 0 Å². The Bertz CT molecular complexity index is 795. The van der Waals surface area contributed by atoms with E-state index >= 15 is 0 Å². The number of hydrogen-bond acceptors (Lipinski definition) is 3. The van der Waals surface area contributed by atoms with Crippen LogP contribution in [-0.2, 0) is 27.9 Å². The van der Waals surface area contributed by atoms with Crippen LogP contribution >= 0.6 is 0 Å². The van der Waals surface area contributed by atoms with Crippen LogP contribution in [0.4, 0.5) is 0 Å². The molecule has 1 atom stereocenters. The first-order valence-electron chi connectivity index (χ1n) is 9.27. The monoisotopic (exact) mass is 460 g/mol. The molecule has 2 aliphatic rings. The van der Waals surface area contributed by atoms with Crippen molar-refractivity contribution in [1.82, 2.24) is 0 Å². The maximum atomic E-state index is 13.0. The minimum absolute atomic E-state index is 0. The van der Waals surface area contributed by atoms with Crippen LogP contribution in [0.1, 0.15) is 11.1 Å². The maximum Gasteiger partial charge on any atom is 2.00 e. The van der Waals surface area contributed by atoms with Gasteiger partial charge in [0.05, 0.1) is 30.3 Å². The molecule has 10 radical (unpaired) electrons. The predicted octanol–water partition coefficient (Wildman–Crippen LogP) is 4.92. The van der Waals surface area contributed by atoms with Crippen LogP contribution in [0.25, 0.3) is 0 Å². The Morgan fingerprint density at radius 1 is 0.767 bits per heavy atom. The van der Waals surface area contributed by atoms with Gasteiger partial charge in [-0.1, -0.05) is 17.7 Å². The molecule has 0 spiro atoms. The summed E-state index contributed by atoms with van der Waals surface area (Å²) in [6.07, 6.45) is 15.8. The molecule has 2 fully saturated rings. The zero-order valence-electron chi connectivity index (χ0n) is 17.1. The molecule has 0 heterocycles. The predicted molar refractivity (Wildman–Crippen MR) is 117 cm³/mol. The van der Waals surface area contributed by atoms with Crippen molar-refractivity contribution in [1.29, 1.82) is 0 Å². The van der Waals surface area contributed by atoms with Gasteiger partial charge in [-0.3, -0.25) is 4.21 Å². The van der Waals surface area contributed by atoms with Gasteiger partial charge in [-0.2, -0.15) is 0 Å². The summed E-state index contributed by atoms with van der Waals surface area (Å²) in [7, 11) is 2.01. The molecule has 0 aliphatic heterocycles. The largest absolute Gasteiger partial charge is 2.00 e. The van der Waals surface area contributed by atoms with Gasteiger partial charge in [-0.15, -0.1) is 0 Å². The molecule has 3 nitrogen and oxygen atoms in total. The van der Waals surface area contributed by atoms with Crippen LogP contribution in [0.2, 0.25) is 0 Å². The fraction of sp³-hybridized carbons (Fsp3) is 0.120. The van der Waals surface area contributed by atoms with Gasteiger partial charge < -0.3 is 9.47 Å². The third kappa shape index (κ3) is 6.35. The van der Waals surface area contributed by atoms with E-state index in [-0.39, 0.29) is 17.1 Å². The molecule has 154 valence electrons. The first-order chi connectivity index (χ1) is 14.1. The van der Waals surface area contributed by atoms with E-state index in [0.29, 0.717) is 0 Å². The zero-order valence-corrected chi connectivity index (χ0v) is 19.1. The van der Waals surface area contributed by atoms with Crippen LogP contribution in [0.3, 0.4) is 0 Å². The Morgan fingerprint density at radius 3 is 1.97 bits per heavy atom. The summed E-state index contributed by atoms with van der Waals surface area (Å²) >= 11 is 0. The molecular weight excluding hydrogens is 436 g/mol. The van der Waals surface area contributed by atoms with Crippen LogP contribution in [0.15, 0.2) is 47.4 Å². The summed E-state index contributed by atoms with van der Waals surface area (Å²) < 4.78 is 23.8. The van der Waals surface area contributed by atoms with Gasteiger partial charge in [0.2, 0.25) is 0 Å². The fourth-order valence-electron chi connectivity index (χ4n) is 2.92. The molecule has 0 amide bonds. The van der Waals surface area contributed by atoms with Crippen LogP contribution in [0, 0.1) is 69.5 Å². The number of aryl methyl sites for hydroxylation is 1. The third-order valence-corrected chi connectivity index (χ3v) is 5.92. The first-order valence-corrected chi connectivity index (χ1v) is 10.4. The van der Waals surface area contributed by atoms with Gasteiger partial charge in [-0.25, -0.2) is 0 Å². The van der Waals surface area contributed by atoms with E-state index < -0.39 is 10.8 Å². The van der Waals surface area contributed by atoms with Crippen molar-refractivity contribution in [2.75, 3.05) is 14.2 Å². The zero-order chi connectivity index (χ0) is 20.6. The number of methoxy groups -OCH3 is 2. The molecule has 0 bridgehead atoms. The van der Waals surface area contributed by atoms with E-state index in [1.54, 1.807) is 14.2 Å². The standard InChI is InChI=1S/C20H19O3S.C5H5.Fe/c1-14-7-10-16(11-8-14)24(21)20-6-4-5-17(20)18-13-15(22-2)9-12-19(18)23-3;1-2-4-5-3-1;/h4-13H,1-3H3;1-5H;/q;;+2/t24-;;/m0../s1. The number of hydrogen-bond donors (Lipinski definition) is 0. The average molecular weight is 460 g/mol. The van der Waals surface area contributed by atoms with E-state index in [0.717, 1.165) is 38.7 Å². The average Bonchev–Trinajstić information content (AvgIpc) is 3.48. The van der Waals surface area contributed by atoms with Gasteiger partial charge in [0.25, 0.3) is 0 Å². The summed E-state index contributed by atoms with van der Waals surface area (Å²) in [5.41, 5.74) is 2.02. The van der Waals surface area contributed by atoms with Crippen molar-refractivity contribution in [2.24, 2.45) is 0 Å². The van der Waals surface area contributed by atoms with Crippen molar-refractivity contribution in [3.63, 3.8) is 0 Å². The molecule has 0 saturated heterocycles. The second kappa shape index (κ2) is 12.5. The number of rotatable bonds is 5. The van der Waals surface area contributed by atoms with Gasteiger partial charge in [0.1, 0.15) is 11.5 Å². The van der Waals surface area contributed by atoms with Crippen LogP contribution < -0.4 is 9.47 Å². The number of ether oxygens (including phenoxy) is 2. The van der Waals surface area contributed by atoms with Crippen molar-refractivity contribution >= 4 is 10.8 Å². The van der Waals surface area contributed by atoms with E-state index in [1.807, 2.05) is 101 Å². The summed E-state index contributed by atoms with van der Waals surface area (Å²) in [4.78, 5) is 0.787. The molecule has 2 saturated carbocycles. The van der Waals surface area contributed by atoms with Gasteiger partial charge in [0, 0.05) is 16.4 Å². The van der Waals surface area contributed by atoms with Crippen molar-refractivity contribution in [3.8, 4) is 11.5 Å². The topological polar surface area (TPSA) is 35.5 Å². The Kier molecular flexibility index (Phi) is 10.4. The van der Waals surface area contributed by atoms with Gasteiger partial charge in [-0.05, 0) is 88.6 Å². The van der Waals surface area contributed by atoms with E-state index in [9.17, 15) is 4.21 Å². The summed E-state index contributed by atoms with van der Waals surface area (Å²) in [6, 6.07) is 13.4. The molecule has 30 heavy (non-hydrogen) atoms. The second-order valence-electron chi connectivity index (χ2n) is 6.41. The van der Waals surface area contributed by atoms with Gasteiger partial charge >= 0.3 is 17.1 Å². The summed E-state index contributed by atoms with van der Waals surface area (Å²) in [6.45, 7) is 2.02. The third-order valence-electron chi connectivity index (χ3n) is 4.46. The molecule has 2 aliphatic carbocycles. The van der Waals surface area contributed by atoms with Crippen LogP contribution in [-0.4, -0.2) is 18.4 Å². The summed E-state index contributed by atoms with van der Waals surface area (Å²) in [5.74, 6) is 2.35. The maximum absolute atomic E-state index is 13.0. The van der Waals surface area contributed by atoms with Crippen molar-refractivity contribution in [3.05, 3.63) is 116 Å². The van der Waals surface area contributed by atoms with E-state index in [1.165, 1.54) is 0 Å². The normalized spacial score (nSPS) is 17.6. The Balaban J connectivity index is 0.000000468. The summed E-state index contributed by atoms with van der Waals surface area (Å²) in [5, 5.41) is 0.769. The second-order valence-corrected chi connectivity index (χ2v) is 7.86. The Hall–Kier alpha value is -1.29. The minimum atomic E-state index is -1.25. The Labute approximate surface area is 194 Å². The molecule has 5 heteroatoms. The molecule has 2 aromatic rings. The minimum Gasteiger partial charge on any atom is -0.497 e. The molecule has 4 rings (SSSR count). The molecule has 0 N–H and O–H groups in total. The molecular formula is C25H24FeO3S+2. The van der Waals surface area contributed by atoms with Crippen molar-refractivity contribution < 1.29 is 30.8 Å². The SMILES string of the molecule is COc1ccc(OC)c([C]2[CH][CH][CH][C]2[S@@](=O)c2ccc(C)cc2)c1.[CH]1[CH][CH][CH][CH]1.[Fe+2]. The Morgan fingerprint density at radius 2 is 1.40 bits per heavy atom. The quantitative estimate of drug-likeness (QED) is 0.595. The molecule has 0 aromatic heterocycles. The molecule has 0 unspecified atom stereocenters. The molecule has 2 aromatic carbocycles. The number of benzene rings is 2.